The lowest BCUT2D eigenvalue weighted by Crippen LogP contribution is -2.23. The van der Waals surface area contributed by atoms with Crippen LogP contribution in [-0.4, -0.2) is 39.4 Å². The molecule has 0 aliphatic carbocycles. The van der Waals surface area contributed by atoms with Gasteiger partial charge in [-0.3, -0.25) is 4.79 Å². The van der Waals surface area contributed by atoms with Crippen molar-refractivity contribution in [3.63, 3.8) is 0 Å². The molecule has 0 saturated carbocycles. The lowest BCUT2D eigenvalue weighted by Gasteiger charge is -2.21. The molecule has 0 aromatic carbocycles. The molecule has 1 rings (SSSR count). The number of rotatable bonds is 5. The molecule has 0 unspecified atom stereocenters. The second-order valence-corrected chi connectivity index (χ2v) is 3.59. The molecule has 0 aromatic heterocycles. The molecule has 82 valence electrons. The topological polar surface area (TPSA) is 47.6 Å². The summed E-state index contributed by atoms with van der Waals surface area (Å²) >= 11 is 0. The molecule has 4 nitrogen and oxygen atoms in total. The van der Waals surface area contributed by atoms with Crippen LogP contribution in [0.2, 0.25) is 0 Å². The first-order valence-electron chi connectivity index (χ1n) is 5.21. The minimum Gasteiger partial charge on any atom is -0.465 e. The Hall–Kier alpha value is -0.610. The molecule has 0 atom stereocenters. The van der Waals surface area contributed by atoms with Crippen molar-refractivity contribution < 1.29 is 14.3 Å². The largest absolute Gasteiger partial charge is 0.465 e. The Labute approximate surface area is 85.0 Å². The van der Waals surface area contributed by atoms with E-state index in [0.717, 1.165) is 26.1 Å². The molecule has 4 heteroatoms. The molecule has 14 heavy (non-hydrogen) atoms. The molecule has 1 heterocycles. The van der Waals surface area contributed by atoms with E-state index in [9.17, 15) is 4.79 Å². The average Bonchev–Trinajstić information content (AvgIpc) is 2.25. The van der Waals surface area contributed by atoms with E-state index in [1.165, 1.54) is 0 Å². The summed E-state index contributed by atoms with van der Waals surface area (Å²) in [6, 6.07) is 0. The fraction of sp³-hybridized carbons (Fsp3) is 0.900. The molecule has 0 bridgehead atoms. The van der Waals surface area contributed by atoms with E-state index < -0.39 is 0 Å². The SMILES string of the molecule is CNCCC(=O)OCC1CCOCC1. The van der Waals surface area contributed by atoms with E-state index >= 15 is 0 Å². The summed E-state index contributed by atoms with van der Waals surface area (Å²) in [5, 5.41) is 2.92. The van der Waals surface area contributed by atoms with Gasteiger partial charge < -0.3 is 14.8 Å². The summed E-state index contributed by atoms with van der Waals surface area (Å²) in [4.78, 5) is 11.2. The van der Waals surface area contributed by atoms with Crippen LogP contribution in [-0.2, 0) is 14.3 Å². The van der Waals surface area contributed by atoms with Gasteiger partial charge in [-0.05, 0) is 25.8 Å². The Morgan fingerprint density at radius 3 is 2.86 bits per heavy atom. The molecular weight excluding hydrogens is 182 g/mol. The van der Waals surface area contributed by atoms with Gasteiger partial charge in [-0.25, -0.2) is 0 Å². The number of carbonyl (C=O) groups is 1. The van der Waals surface area contributed by atoms with Crippen LogP contribution in [0.1, 0.15) is 19.3 Å². The van der Waals surface area contributed by atoms with Gasteiger partial charge in [0.2, 0.25) is 0 Å². The number of esters is 1. The number of hydrogen-bond acceptors (Lipinski definition) is 4. The van der Waals surface area contributed by atoms with Gasteiger partial charge in [0.15, 0.2) is 0 Å². The summed E-state index contributed by atoms with van der Waals surface area (Å²) in [5.41, 5.74) is 0. The number of carbonyl (C=O) groups excluding carboxylic acids is 1. The second-order valence-electron chi connectivity index (χ2n) is 3.59. The molecule has 1 aliphatic rings. The van der Waals surface area contributed by atoms with Gasteiger partial charge >= 0.3 is 5.97 Å². The zero-order valence-electron chi connectivity index (χ0n) is 8.75. The Balaban J connectivity index is 2.03. The molecule has 0 amide bonds. The van der Waals surface area contributed by atoms with Crippen LogP contribution in [0.4, 0.5) is 0 Å². The predicted octanol–water partition coefficient (Wildman–Crippen LogP) is 0.566. The van der Waals surface area contributed by atoms with Gasteiger partial charge in [-0.15, -0.1) is 0 Å². The van der Waals surface area contributed by atoms with Gasteiger partial charge in [-0.1, -0.05) is 0 Å². The Kier molecular flexibility index (Phi) is 5.56. The van der Waals surface area contributed by atoms with Crippen molar-refractivity contribution in [1.29, 1.82) is 0 Å². The van der Waals surface area contributed by atoms with Gasteiger partial charge in [0.05, 0.1) is 13.0 Å². The number of hydrogen-bond donors (Lipinski definition) is 1. The molecule has 1 saturated heterocycles. The van der Waals surface area contributed by atoms with Crippen LogP contribution in [0.5, 0.6) is 0 Å². The van der Waals surface area contributed by atoms with Crippen LogP contribution < -0.4 is 5.32 Å². The minimum atomic E-state index is -0.106. The molecular formula is C10H19NO3. The standard InChI is InChI=1S/C10H19NO3/c1-11-5-2-10(12)14-8-9-3-6-13-7-4-9/h9,11H,2-8H2,1H3. The van der Waals surface area contributed by atoms with E-state index in [-0.39, 0.29) is 5.97 Å². The van der Waals surface area contributed by atoms with Crippen LogP contribution in [0.25, 0.3) is 0 Å². The highest BCUT2D eigenvalue weighted by atomic mass is 16.5. The first-order valence-corrected chi connectivity index (χ1v) is 5.21. The average molecular weight is 201 g/mol. The molecule has 0 radical (unpaired) electrons. The maximum absolute atomic E-state index is 11.2. The summed E-state index contributed by atoms with van der Waals surface area (Å²) in [6.45, 7) is 2.86. The Bertz CT molecular complexity index is 167. The summed E-state index contributed by atoms with van der Waals surface area (Å²) in [5.74, 6) is 0.396. The Morgan fingerprint density at radius 2 is 2.21 bits per heavy atom. The van der Waals surface area contributed by atoms with E-state index in [4.69, 9.17) is 9.47 Å². The van der Waals surface area contributed by atoms with Crippen molar-refractivity contribution >= 4 is 5.97 Å². The summed E-state index contributed by atoms with van der Waals surface area (Å²) < 4.78 is 10.4. The highest BCUT2D eigenvalue weighted by molar-refractivity contribution is 5.69. The summed E-state index contributed by atoms with van der Waals surface area (Å²) in [6.07, 6.45) is 2.48. The highest BCUT2D eigenvalue weighted by Gasteiger charge is 2.15. The van der Waals surface area contributed by atoms with Crippen LogP contribution in [0.15, 0.2) is 0 Å². The first-order chi connectivity index (χ1) is 6.83. The normalized spacial score (nSPS) is 18.1. The predicted molar refractivity (Wildman–Crippen MR) is 53.0 cm³/mol. The Morgan fingerprint density at radius 1 is 1.50 bits per heavy atom. The summed E-state index contributed by atoms with van der Waals surface area (Å²) in [7, 11) is 1.83. The monoisotopic (exact) mass is 201 g/mol. The van der Waals surface area contributed by atoms with E-state index in [1.54, 1.807) is 0 Å². The smallest absolute Gasteiger partial charge is 0.307 e. The van der Waals surface area contributed by atoms with Crippen molar-refractivity contribution in [3.05, 3.63) is 0 Å². The van der Waals surface area contributed by atoms with Crippen molar-refractivity contribution in [2.45, 2.75) is 19.3 Å². The first kappa shape index (κ1) is 11.5. The molecule has 1 aliphatic heterocycles. The third-order valence-electron chi connectivity index (χ3n) is 2.40. The van der Waals surface area contributed by atoms with Gasteiger partial charge in [0, 0.05) is 19.8 Å². The zero-order chi connectivity index (χ0) is 10.2. The van der Waals surface area contributed by atoms with Gasteiger partial charge in [0.25, 0.3) is 0 Å². The molecule has 0 spiro atoms. The van der Waals surface area contributed by atoms with E-state index in [2.05, 4.69) is 5.32 Å². The maximum atomic E-state index is 11.2. The van der Waals surface area contributed by atoms with Crippen molar-refractivity contribution in [1.82, 2.24) is 5.32 Å². The van der Waals surface area contributed by atoms with Crippen molar-refractivity contribution in [2.75, 3.05) is 33.4 Å². The van der Waals surface area contributed by atoms with E-state index in [0.29, 0.717) is 25.5 Å². The van der Waals surface area contributed by atoms with Crippen LogP contribution in [0.3, 0.4) is 0 Å². The van der Waals surface area contributed by atoms with Crippen LogP contribution >= 0.6 is 0 Å². The second kappa shape index (κ2) is 6.79. The molecule has 0 aromatic rings. The quantitative estimate of drug-likeness (QED) is 0.660. The third-order valence-corrected chi connectivity index (χ3v) is 2.40. The third kappa shape index (κ3) is 4.58. The number of nitrogens with one attached hydrogen (secondary N) is 1. The maximum Gasteiger partial charge on any atom is 0.307 e. The van der Waals surface area contributed by atoms with Crippen molar-refractivity contribution in [2.24, 2.45) is 5.92 Å². The lowest BCUT2D eigenvalue weighted by molar-refractivity contribution is -0.145. The minimum absolute atomic E-state index is 0.106. The van der Waals surface area contributed by atoms with E-state index in [1.807, 2.05) is 7.05 Å². The van der Waals surface area contributed by atoms with Gasteiger partial charge in [0.1, 0.15) is 0 Å². The molecule has 1 N–H and O–H groups in total. The fourth-order valence-electron chi connectivity index (χ4n) is 1.42. The highest BCUT2D eigenvalue weighted by Crippen LogP contribution is 2.14. The lowest BCUT2D eigenvalue weighted by atomic mass is 10.0. The number of ether oxygens (including phenoxy) is 2. The van der Waals surface area contributed by atoms with Gasteiger partial charge in [-0.2, -0.15) is 0 Å². The van der Waals surface area contributed by atoms with Crippen LogP contribution in [0, 0.1) is 5.92 Å². The fourth-order valence-corrected chi connectivity index (χ4v) is 1.42. The zero-order valence-corrected chi connectivity index (χ0v) is 8.75. The molecule has 1 fully saturated rings. The van der Waals surface area contributed by atoms with Crippen molar-refractivity contribution in [3.8, 4) is 0 Å².